The van der Waals surface area contributed by atoms with Crippen LogP contribution < -0.4 is 20.3 Å². The molecule has 37 heavy (non-hydrogen) atoms. The Hall–Kier alpha value is -3.31. The fourth-order valence-corrected chi connectivity index (χ4v) is 5.29. The first-order chi connectivity index (χ1) is 17.8. The highest BCUT2D eigenvalue weighted by atomic mass is 32.1. The molecule has 0 bridgehead atoms. The van der Waals surface area contributed by atoms with E-state index in [-0.39, 0.29) is 24.1 Å². The fourth-order valence-electron chi connectivity index (χ4n) is 4.02. The Morgan fingerprint density at radius 3 is 2.46 bits per heavy atom. The van der Waals surface area contributed by atoms with Gasteiger partial charge in [-0.05, 0) is 67.0 Å². The third kappa shape index (κ3) is 7.36. The summed E-state index contributed by atoms with van der Waals surface area (Å²) in [7, 11) is 4.01. The standard InChI is InChI=1S/C26H29F2N5O2S2/c1-32(2)20-7-5-19(6-8-20)30-26(36)33-13-11-18(12-14-33)24-31-22(16-37-24)23(34)29-15-17-3-9-21(10-4-17)35-25(27)28/h3-10,16,18,25H,11-15H2,1-2H3,(H,29,34)(H,30,36). The maximum absolute atomic E-state index is 12.6. The number of carbonyl (C=O) groups excluding carboxylic acids is 1. The van der Waals surface area contributed by atoms with E-state index in [4.69, 9.17) is 12.2 Å². The molecule has 1 aliphatic rings. The number of aromatic nitrogens is 1. The molecule has 2 heterocycles. The maximum atomic E-state index is 12.6. The Balaban J connectivity index is 1.23. The van der Waals surface area contributed by atoms with E-state index in [1.54, 1.807) is 17.5 Å². The van der Waals surface area contributed by atoms with Crippen LogP contribution in [0.1, 0.15) is 39.8 Å². The molecular weight excluding hydrogens is 516 g/mol. The second kappa shape index (κ2) is 12.3. The smallest absolute Gasteiger partial charge is 0.387 e. The molecule has 1 aliphatic heterocycles. The number of amides is 1. The Bertz CT molecular complexity index is 1190. The quantitative estimate of drug-likeness (QED) is 0.372. The summed E-state index contributed by atoms with van der Waals surface area (Å²) in [5.74, 6) is 0.0985. The number of piperidine rings is 1. The van der Waals surface area contributed by atoms with Crippen LogP contribution in [0.4, 0.5) is 20.2 Å². The molecule has 1 aromatic heterocycles. The molecule has 0 atom stereocenters. The third-order valence-electron chi connectivity index (χ3n) is 6.12. The number of nitrogens with zero attached hydrogens (tertiary/aromatic N) is 3. The maximum Gasteiger partial charge on any atom is 0.387 e. The summed E-state index contributed by atoms with van der Waals surface area (Å²) in [4.78, 5) is 21.4. The van der Waals surface area contributed by atoms with Crippen LogP contribution in [-0.2, 0) is 6.54 Å². The number of hydrogen-bond acceptors (Lipinski definition) is 6. The lowest BCUT2D eigenvalue weighted by Crippen LogP contribution is -2.40. The van der Waals surface area contributed by atoms with Crippen molar-refractivity contribution in [2.75, 3.05) is 37.4 Å². The van der Waals surface area contributed by atoms with Crippen molar-refractivity contribution in [2.24, 2.45) is 0 Å². The number of alkyl halides is 2. The van der Waals surface area contributed by atoms with Crippen LogP contribution in [-0.4, -0.2) is 54.7 Å². The van der Waals surface area contributed by atoms with Crippen molar-refractivity contribution in [2.45, 2.75) is 31.9 Å². The molecule has 0 spiro atoms. The highest BCUT2D eigenvalue weighted by Gasteiger charge is 2.25. The number of rotatable bonds is 8. The molecule has 0 aliphatic carbocycles. The van der Waals surface area contributed by atoms with Crippen molar-refractivity contribution >= 4 is 45.9 Å². The summed E-state index contributed by atoms with van der Waals surface area (Å²) in [6.45, 7) is -0.963. The molecule has 2 aromatic carbocycles. The highest BCUT2D eigenvalue weighted by molar-refractivity contribution is 7.80. The van der Waals surface area contributed by atoms with E-state index in [1.165, 1.54) is 23.5 Å². The second-order valence-electron chi connectivity index (χ2n) is 8.91. The predicted octanol–water partition coefficient (Wildman–Crippen LogP) is 5.32. The van der Waals surface area contributed by atoms with Crippen LogP contribution in [0, 0.1) is 0 Å². The molecule has 0 unspecified atom stereocenters. The van der Waals surface area contributed by atoms with Gasteiger partial charge in [0.2, 0.25) is 0 Å². The van der Waals surface area contributed by atoms with Crippen LogP contribution in [0.25, 0.3) is 0 Å². The van der Waals surface area contributed by atoms with Crippen LogP contribution in [0.2, 0.25) is 0 Å². The minimum atomic E-state index is -2.86. The number of anilines is 2. The van der Waals surface area contributed by atoms with Gasteiger partial charge in [0.1, 0.15) is 11.4 Å². The van der Waals surface area contributed by atoms with E-state index in [1.807, 2.05) is 26.2 Å². The zero-order valence-corrected chi connectivity index (χ0v) is 22.2. The molecule has 0 saturated carbocycles. The molecule has 3 aromatic rings. The molecule has 7 nitrogen and oxygen atoms in total. The lowest BCUT2D eigenvalue weighted by Gasteiger charge is -2.33. The van der Waals surface area contributed by atoms with Crippen molar-refractivity contribution in [3.63, 3.8) is 0 Å². The monoisotopic (exact) mass is 545 g/mol. The van der Waals surface area contributed by atoms with Crippen molar-refractivity contribution in [1.82, 2.24) is 15.2 Å². The van der Waals surface area contributed by atoms with Gasteiger partial charge >= 0.3 is 6.61 Å². The minimum absolute atomic E-state index is 0.0791. The summed E-state index contributed by atoms with van der Waals surface area (Å²) in [5.41, 5.74) is 3.25. The Labute approximate surface area is 224 Å². The SMILES string of the molecule is CN(C)c1ccc(NC(=S)N2CCC(c3nc(C(=O)NCc4ccc(OC(F)F)cc4)cs3)CC2)cc1. The van der Waals surface area contributed by atoms with Crippen molar-refractivity contribution in [3.8, 4) is 5.75 Å². The van der Waals surface area contributed by atoms with Gasteiger partial charge in [-0.3, -0.25) is 4.79 Å². The average Bonchev–Trinajstić information content (AvgIpc) is 3.39. The molecule has 1 amide bonds. The van der Waals surface area contributed by atoms with E-state index in [2.05, 4.69) is 42.3 Å². The molecule has 2 N–H and O–H groups in total. The Kier molecular flexibility index (Phi) is 8.88. The van der Waals surface area contributed by atoms with E-state index < -0.39 is 6.61 Å². The Morgan fingerprint density at radius 2 is 1.84 bits per heavy atom. The van der Waals surface area contributed by atoms with Crippen LogP contribution >= 0.6 is 23.6 Å². The minimum Gasteiger partial charge on any atom is -0.435 e. The zero-order valence-electron chi connectivity index (χ0n) is 20.6. The summed E-state index contributed by atoms with van der Waals surface area (Å²) >= 11 is 7.13. The van der Waals surface area contributed by atoms with Crippen LogP contribution in [0.5, 0.6) is 5.75 Å². The first-order valence-electron chi connectivity index (χ1n) is 11.9. The summed E-state index contributed by atoms with van der Waals surface area (Å²) in [5, 5.41) is 9.59. The molecular formula is C26H29F2N5O2S2. The third-order valence-corrected chi connectivity index (χ3v) is 7.49. The highest BCUT2D eigenvalue weighted by Crippen LogP contribution is 2.31. The number of nitrogens with one attached hydrogen (secondary N) is 2. The van der Waals surface area contributed by atoms with E-state index in [0.29, 0.717) is 10.8 Å². The van der Waals surface area contributed by atoms with Crippen molar-refractivity contribution in [1.29, 1.82) is 0 Å². The summed E-state index contributed by atoms with van der Waals surface area (Å²) < 4.78 is 28.9. The summed E-state index contributed by atoms with van der Waals surface area (Å²) in [6, 6.07) is 14.3. The number of hydrogen-bond donors (Lipinski definition) is 2. The molecule has 4 rings (SSSR count). The number of carbonyl (C=O) groups is 1. The van der Waals surface area contributed by atoms with Gasteiger partial charge in [-0.25, -0.2) is 4.98 Å². The number of halogens is 2. The normalized spacial score (nSPS) is 13.9. The van der Waals surface area contributed by atoms with Gasteiger partial charge in [0.15, 0.2) is 5.11 Å². The Morgan fingerprint density at radius 1 is 1.16 bits per heavy atom. The largest absolute Gasteiger partial charge is 0.435 e. The van der Waals surface area contributed by atoms with E-state index in [0.717, 1.165) is 47.9 Å². The molecule has 11 heteroatoms. The molecule has 1 fully saturated rings. The van der Waals surface area contributed by atoms with E-state index >= 15 is 0 Å². The van der Waals surface area contributed by atoms with Crippen LogP contribution in [0.15, 0.2) is 53.9 Å². The van der Waals surface area contributed by atoms with Gasteiger partial charge in [-0.1, -0.05) is 12.1 Å². The van der Waals surface area contributed by atoms with Gasteiger partial charge in [0.25, 0.3) is 5.91 Å². The fraction of sp³-hybridized carbons (Fsp3) is 0.346. The summed E-state index contributed by atoms with van der Waals surface area (Å²) in [6.07, 6.45) is 1.81. The number of benzene rings is 2. The average molecular weight is 546 g/mol. The van der Waals surface area contributed by atoms with Gasteiger partial charge in [-0.2, -0.15) is 8.78 Å². The number of likely N-dealkylation sites (tertiary alicyclic amines) is 1. The predicted molar refractivity (Wildman–Crippen MR) is 147 cm³/mol. The van der Waals surface area contributed by atoms with Gasteiger partial charge in [0.05, 0.1) is 5.01 Å². The van der Waals surface area contributed by atoms with Gasteiger partial charge in [0, 0.05) is 56.4 Å². The molecule has 0 radical (unpaired) electrons. The number of thiocarbonyl (C=S) groups is 1. The zero-order chi connectivity index (χ0) is 26.4. The van der Waals surface area contributed by atoms with Crippen LogP contribution in [0.3, 0.4) is 0 Å². The topological polar surface area (TPSA) is 69.7 Å². The van der Waals surface area contributed by atoms with Gasteiger partial charge < -0.3 is 25.2 Å². The first-order valence-corrected chi connectivity index (χ1v) is 13.2. The molecule has 1 saturated heterocycles. The van der Waals surface area contributed by atoms with Crippen molar-refractivity contribution in [3.05, 3.63) is 70.2 Å². The van der Waals surface area contributed by atoms with Gasteiger partial charge in [-0.15, -0.1) is 11.3 Å². The number of ether oxygens (including phenoxy) is 1. The lowest BCUT2D eigenvalue weighted by molar-refractivity contribution is -0.0498. The second-order valence-corrected chi connectivity index (χ2v) is 10.2. The molecule has 196 valence electrons. The lowest BCUT2D eigenvalue weighted by atomic mass is 9.98. The van der Waals surface area contributed by atoms with E-state index in [9.17, 15) is 13.6 Å². The first kappa shape index (κ1) is 26.7. The van der Waals surface area contributed by atoms with Crippen molar-refractivity contribution < 1.29 is 18.3 Å². The number of thiazole rings is 1.